The lowest BCUT2D eigenvalue weighted by molar-refractivity contribution is 0.475. The fraction of sp³-hybridized carbons (Fsp3) is 0.0667. The number of para-hydroxylation sites is 1. The van der Waals surface area contributed by atoms with Gasteiger partial charge in [0.05, 0.1) is 4.90 Å². The van der Waals surface area contributed by atoms with Crippen molar-refractivity contribution >= 4 is 22.7 Å². The van der Waals surface area contributed by atoms with Gasteiger partial charge in [0.2, 0.25) is 0 Å². The summed E-state index contributed by atoms with van der Waals surface area (Å²) in [5.41, 5.74) is 1.87. The van der Waals surface area contributed by atoms with E-state index in [1.807, 2.05) is 36.6 Å². The number of rotatable bonds is 2. The molecule has 0 aliphatic carbocycles. The molecule has 3 rings (SSSR count). The number of phenols is 1. The average Bonchev–Trinajstić information content (AvgIpc) is 2.78. The minimum Gasteiger partial charge on any atom is -0.508 e. The average molecular weight is 256 g/mol. The molecule has 2 aromatic carbocycles. The van der Waals surface area contributed by atoms with E-state index in [4.69, 9.17) is 4.42 Å². The van der Waals surface area contributed by atoms with E-state index in [-0.39, 0.29) is 5.75 Å². The highest BCUT2D eigenvalue weighted by Crippen LogP contribution is 2.39. The van der Waals surface area contributed by atoms with Gasteiger partial charge in [-0.2, -0.15) is 0 Å². The summed E-state index contributed by atoms with van der Waals surface area (Å²) in [6, 6.07) is 15.1. The number of benzene rings is 2. The van der Waals surface area contributed by atoms with Crippen molar-refractivity contribution in [3.8, 4) is 17.1 Å². The monoisotopic (exact) mass is 256 g/mol. The van der Waals surface area contributed by atoms with Gasteiger partial charge in [0.1, 0.15) is 17.1 Å². The molecule has 2 nitrogen and oxygen atoms in total. The molecule has 1 N–H and O–H groups in total. The Morgan fingerprint density at radius 1 is 1.00 bits per heavy atom. The summed E-state index contributed by atoms with van der Waals surface area (Å²) < 4.78 is 5.91. The Kier molecular flexibility index (Phi) is 2.76. The highest BCUT2D eigenvalue weighted by molar-refractivity contribution is 7.99. The zero-order valence-corrected chi connectivity index (χ0v) is 10.7. The predicted molar refractivity (Wildman–Crippen MR) is 75.1 cm³/mol. The molecule has 0 saturated carbocycles. The molecule has 0 unspecified atom stereocenters. The van der Waals surface area contributed by atoms with Gasteiger partial charge in [0, 0.05) is 10.9 Å². The number of aromatic hydroxyl groups is 1. The topological polar surface area (TPSA) is 33.4 Å². The van der Waals surface area contributed by atoms with Crippen molar-refractivity contribution in [3.63, 3.8) is 0 Å². The molecule has 0 saturated heterocycles. The van der Waals surface area contributed by atoms with E-state index in [2.05, 4.69) is 6.07 Å². The molecule has 1 aromatic heterocycles. The Morgan fingerprint density at radius 3 is 2.44 bits per heavy atom. The van der Waals surface area contributed by atoms with E-state index in [1.165, 1.54) is 0 Å². The smallest absolute Gasteiger partial charge is 0.148 e. The Labute approximate surface area is 109 Å². The van der Waals surface area contributed by atoms with Gasteiger partial charge in [-0.15, -0.1) is 11.8 Å². The lowest BCUT2D eigenvalue weighted by Gasteiger charge is -2.00. The zero-order chi connectivity index (χ0) is 12.5. The molecule has 0 amide bonds. The molecule has 0 aliphatic heterocycles. The van der Waals surface area contributed by atoms with E-state index in [1.54, 1.807) is 23.9 Å². The number of fused-ring (bicyclic) bond motifs is 1. The van der Waals surface area contributed by atoms with Crippen LogP contribution in [0.3, 0.4) is 0 Å². The second-order valence-corrected chi connectivity index (χ2v) is 4.82. The van der Waals surface area contributed by atoms with Crippen LogP contribution in [0.2, 0.25) is 0 Å². The molecule has 0 fully saturated rings. The summed E-state index contributed by atoms with van der Waals surface area (Å²) in [7, 11) is 0. The largest absolute Gasteiger partial charge is 0.508 e. The lowest BCUT2D eigenvalue weighted by Crippen LogP contribution is -1.76. The summed E-state index contributed by atoms with van der Waals surface area (Å²) in [6.07, 6.45) is 2.04. The predicted octanol–water partition coefficient (Wildman–Crippen LogP) is 4.53. The molecule has 3 aromatic rings. The number of furan rings is 1. The standard InChI is InChI=1S/C15H12O2S/c1-18-15-12-4-2-3-5-13(12)17-14(15)10-6-8-11(16)9-7-10/h2-9,16H,1H3. The third-order valence-electron chi connectivity index (χ3n) is 2.88. The number of thioether (sulfide) groups is 1. The van der Waals surface area contributed by atoms with Gasteiger partial charge < -0.3 is 9.52 Å². The summed E-state index contributed by atoms with van der Waals surface area (Å²) in [6.45, 7) is 0. The van der Waals surface area contributed by atoms with Gasteiger partial charge in [-0.25, -0.2) is 0 Å². The van der Waals surface area contributed by atoms with Gasteiger partial charge in [-0.05, 0) is 42.7 Å². The third-order valence-corrected chi connectivity index (χ3v) is 3.70. The minimum atomic E-state index is 0.264. The third kappa shape index (κ3) is 1.77. The second kappa shape index (κ2) is 4.42. The van der Waals surface area contributed by atoms with Crippen molar-refractivity contribution in [2.75, 3.05) is 6.26 Å². The van der Waals surface area contributed by atoms with Crippen molar-refractivity contribution in [3.05, 3.63) is 48.5 Å². The Morgan fingerprint density at radius 2 is 1.72 bits per heavy atom. The van der Waals surface area contributed by atoms with Gasteiger partial charge >= 0.3 is 0 Å². The molecule has 1 heterocycles. The molecule has 0 atom stereocenters. The highest BCUT2D eigenvalue weighted by Gasteiger charge is 2.14. The first-order chi connectivity index (χ1) is 8.79. The van der Waals surface area contributed by atoms with Gasteiger partial charge in [0.25, 0.3) is 0 Å². The van der Waals surface area contributed by atoms with E-state index in [0.29, 0.717) is 0 Å². The van der Waals surface area contributed by atoms with Crippen molar-refractivity contribution < 1.29 is 9.52 Å². The van der Waals surface area contributed by atoms with Crippen LogP contribution in [0.5, 0.6) is 5.75 Å². The molecule has 3 heteroatoms. The second-order valence-electron chi connectivity index (χ2n) is 4.01. The quantitative estimate of drug-likeness (QED) is 0.684. The molecular weight excluding hydrogens is 244 g/mol. The fourth-order valence-electron chi connectivity index (χ4n) is 2.03. The van der Waals surface area contributed by atoms with E-state index in [9.17, 15) is 5.11 Å². The molecule has 0 aliphatic rings. The van der Waals surface area contributed by atoms with Gasteiger partial charge in [-0.3, -0.25) is 0 Å². The first-order valence-corrected chi connectivity index (χ1v) is 6.87. The van der Waals surface area contributed by atoms with Crippen molar-refractivity contribution in [1.82, 2.24) is 0 Å². The first-order valence-electron chi connectivity index (χ1n) is 5.64. The maximum Gasteiger partial charge on any atom is 0.148 e. The minimum absolute atomic E-state index is 0.264. The lowest BCUT2D eigenvalue weighted by atomic mass is 10.1. The van der Waals surface area contributed by atoms with Gasteiger partial charge in [0.15, 0.2) is 0 Å². The number of hydrogen-bond donors (Lipinski definition) is 1. The Hall–Kier alpha value is -1.87. The van der Waals surface area contributed by atoms with Crippen LogP contribution in [0.1, 0.15) is 0 Å². The van der Waals surface area contributed by atoms with Crippen LogP contribution in [0, 0.1) is 0 Å². The van der Waals surface area contributed by atoms with Crippen LogP contribution in [0.25, 0.3) is 22.3 Å². The molecule has 90 valence electrons. The van der Waals surface area contributed by atoms with Crippen molar-refractivity contribution in [1.29, 1.82) is 0 Å². The first kappa shape index (κ1) is 11.2. The summed E-state index contributed by atoms with van der Waals surface area (Å²) >= 11 is 1.67. The van der Waals surface area contributed by atoms with Crippen LogP contribution in [-0.2, 0) is 0 Å². The van der Waals surface area contributed by atoms with Gasteiger partial charge in [-0.1, -0.05) is 12.1 Å². The maximum absolute atomic E-state index is 9.33. The van der Waals surface area contributed by atoms with Crippen LogP contribution in [0.4, 0.5) is 0 Å². The molecule has 0 spiro atoms. The molecular formula is C15H12O2S. The fourth-order valence-corrected chi connectivity index (χ4v) is 2.76. The van der Waals surface area contributed by atoms with Crippen LogP contribution < -0.4 is 0 Å². The normalized spacial score (nSPS) is 10.9. The SMILES string of the molecule is CSc1c(-c2ccc(O)cc2)oc2ccccc12. The highest BCUT2D eigenvalue weighted by atomic mass is 32.2. The Balaban J connectivity index is 2.25. The van der Waals surface area contributed by atoms with Crippen molar-refractivity contribution in [2.45, 2.75) is 4.90 Å². The van der Waals surface area contributed by atoms with Crippen LogP contribution in [0.15, 0.2) is 57.8 Å². The van der Waals surface area contributed by atoms with Crippen LogP contribution >= 0.6 is 11.8 Å². The molecule has 18 heavy (non-hydrogen) atoms. The summed E-state index contributed by atoms with van der Waals surface area (Å²) in [5.74, 6) is 1.13. The van der Waals surface area contributed by atoms with E-state index in [0.717, 1.165) is 27.2 Å². The maximum atomic E-state index is 9.33. The van der Waals surface area contributed by atoms with Crippen LogP contribution in [-0.4, -0.2) is 11.4 Å². The summed E-state index contributed by atoms with van der Waals surface area (Å²) in [5, 5.41) is 10.5. The van der Waals surface area contributed by atoms with E-state index < -0.39 is 0 Å². The summed E-state index contributed by atoms with van der Waals surface area (Å²) in [4.78, 5) is 1.14. The van der Waals surface area contributed by atoms with Crippen molar-refractivity contribution in [2.24, 2.45) is 0 Å². The molecule has 0 bridgehead atoms. The zero-order valence-electron chi connectivity index (χ0n) is 9.88. The Bertz CT molecular complexity index is 683. The van der Waals surface area contributed by atoms with E-state index >= 15 is 0 Å². The number of hydrogen-bond acceptors (Lipinski definition) is 3. The molecule has 0 radical (unpaired) electrons. The number of phenolic OH excluding ortho intramolecular Hbond substituents is 1.